The molecule has 0 saturated heterocycles. The zero-order valence-corrected chi connectivity index (χ0v) is 8.40. The third kappa shape index (κ3) is 1.76. The van der Waals surface area contributed by atoms with Crippen molar-refractivity contribution in [3.05, 3.63) is 17.3 Å². The van der Waals surface area contributed by atoms with E-state index in [2.05, 4.69) is 4.98 Å². The Labute approximate surface area is 82.2 Å². The van der Waals surface area contributed by atoms with Gasteiger partial charge in [0.2, 0.25) is 0 Å². The minimum atomic E-state index is -1.01. The van der Waals surface area contributed by atoms with Gasteiger partial charge in [0.05, 0.1) is 11.4 Å². The van der Waals surface area contributed by atoms with Crippen LogP contribution < -0.4 is 10.6 Å². The van der Waals surface area contributed by atoms with Crippen LogP contribution in [0.2, 0.25) is 0 Å². The Morgan fingerprint density at radius 2 is 2.14 bits per heavy atom. The van der Waals surface area contributed by atoms with Crippen molar-refractivity contribution in [2.24, 2.45) is 0 Å². The first kappa shape index (κ1) is 10.3. The smallest absolute Gasteiger partial charge is 0.411 e. The minimum absolute atomic E-state index is 0.405. The molecule has 0 aliphatic rings. The molecule has 1 rings (SSSR count). The number of hydrogen-bond acceptors (Lipinski definition) is 3. The van der Waals surface area contributed by atoms with Gasteiger partial charge in [-0.1, -0.05) is 0 Å². The molecule has 0 unspecified atom stereocenters. The highest BCUT2D eigenvalue weighted by molar-refractivity contribution is 5.87. The maximum atomic E-state index is 10.8. The van der Waals surface area contributed by atoms with Crippen molar-refractivity contribution in [2.45, 2.75) is 13.8 Å². The van der Waals surface area contributed by atoms with E-state index < -0.39 is 6.09 Å². The molecule has 1 aromatic heterocycles. The average Bonchev–Trinajstić information content (AvgIpc) is 2.01. The van der Waals surface area contributed by atoms with E-state index in [1.165, 1.54) is 7.05 Å². The summed E-state index contributed by atoms with van der Waals surface area (Å²) in [6.45, 7) is 3.54. The molecule has 0 aliphatic heterocycles. The van der Waals surface area contributed by atoms with Gasteiger partial charge in [0.15, 0.2) is 0 Å². The zero-order valence-electron chi connectivity index (χ0n) is 8.40. The number of anilines is 2. The highest BCUT2D eigenvalue weighted by Crippen LogP contribution is 2.23. The molecule has 1 heterocycles. The molecule has 0 spiro atoms. The van der Waals surface area contributed by atoms with E-state index in [4.69, 9.17) is 10.8 Å². The molecule has 14 heavy (non-hydrogen) atoms. The molecule has 76 valence electrons. The molecule has 1 aromatic rings. The van der Waals surface area contributed by atoms with Gasteiger partial charge in [-0.25, -0.2) is 9.78 Å². The maximum Gasteiger partial charge on any atom is 0.411 e. The summed E-state index contributed by atoms with van der Waals surface area (Å²) >= 11 is 0. The molecule has 0 bridgehead atoms. The lowest BCUT2D eigenvalue weighted by Crippen LogP contribution is -2.26. The van der Waals surface area contributed by atoms with E-state index in [1.807, 2.05) is 0 Å². The van der Waals surface area contributed by atoms with E-state index in [0.29, 0.717) is 17.2 Å². The number of nitrogen functional groups attached to an aromatic ring is 1. The maximum absolute atomic E-state index is 10.8. The summed E-state index contributed by atoms with van der Waals surface area (Å²) in [5, 5.41) is 8.82. The summed E-state index contributed by atoms with van der Waals surface area (Å²) in [6.07, 6.45) is -1.01. The van der Waals surface area contributed by atoms with E-state index >= 15 is 0 Å². The summed E-state index contributed by atoms with van der Waals surface area (Å²) < 4.78 is 0. The number of hydrogen-bond donors (Lipinski definition) is 2. The summed E-state index contributed by atoms with van der Waals surface area (Å²) in [4.78, 5) is 15.9. The molecule has 0 fully saturated rings. The van der Waals surface area contributed by atoms with Crippen molar-refractivity contribution in [1.29, 1.82) is 0 Å². The van der Waals surface area contributed by atoms with Crippen molar-refractivity contribution < 1.29 is 9.90 Å². The lowest BCUT2D eigenvalue weighted by molar-refractivity contribution is 0.203. The Hall–Kier alpha value is -1.78. The predicted molar refractivity (Wildman–Crippen MR) is 54.6 cm³/mol. The van der Waals surface area contributed by atoms with Crippen molar-refractivity contribution in [3.8, 4) is 0 Å². The first-order valence-corrected chi connectivity index (χ1v) is 4.14. The van der Waals surface area contributed by atoms with E-state index in [0.717, 1.165) is 10.5 Å². The van der Waals surface area contributed by atoms with Crippen molar-refractivity contribution >= 4 is 17.6 Å². The largest absolute Gasteiger partial charge is 0.465 e. The van der Waals surface area contributed by atoms with Gasteiger partial charge in [-0.2, -0.15) is 0 Å². The second-order valence-electron chi connectivity index (χ2n) is 3.14. The molecule has 0 aromatic carbocycles. The summed E-state index contributed by atoms with van der Waals surface area (Å²) in [5.41, 5.74) is 7.54. The number of carboxylic acid groups (broad SMARTS) is 1. The fourth-order valence-corrected chi connectivity index (χ4v) is 1.46. The monoisotopic (exact) mass is 195 g/mol. The van der Waals surface area contributed by atoms with Crippen LogP contribution in [0, 0.1) is 13.8 Å². The third-order valence-corrected chi connectivity index (χ3v) is 2.00. The van der Waals surface area contributed by atoms with Crippen LogP contribution >= 0.6 is 0 Å². The van der Waals surface area contributed by atoms with Crippen LogP contribution in [-0.2, 0) is 0 Å². The first-order chi connectivity index (χ1) is 6.43. The lowest BCUT2D eigenvalue weighted by atomic mass is 10.2. The number of aromatic nitrogens is 1. The Kier molecular flexibility index (Phi) is 2.60. The van der Waals surface area contributed by atoms with Gasteiger partial charge in [0, 0.05) is 7.05 Å². The Bertz CT molecular complexity index is 353. The number of pyridine rings is 1. The van der Waals surface area contributed by atoms with Gasteiger partial charge in [0.1, 0.15) is 5.82 Å². The molecule has 0 atom stereocenters. The fraction of sp³-hybridized carbons (Fsp3) is 0.333. The van der Waals surface area contributed by atoms with E-state index in [-0.39, 0.29) is 0 Å². The molecule has 0 saturated carbocycles. The first-order valence-electron chi connectivity index (χ1n) is 4.14. The second-order valence-corrected chi connectivity index (χ2v) is 3.14. The number of nitrogens with two attached hydrogens (primary N) is 1. The van der Waals surface area contributed by atoms with Gasteiger partial charge in [-0.3, -0.25) is 4.90 Å². The molecule has 5 nitrogen and oxygen atoms in total. The van der Waals surface area contributed by atoms with Gasteiger partial charge in [0.25, 0.3) is 0 Å². The fourth-order valence-electron chi connectivity index (χ4n) is 1.46. The number of amides is 1. The third-order valence-electron chi connectivity index (χ3n) is 2.00. The van der Waals surface area contributed by atoms with E-state index in [9.17, 15) is 4.79 Å². The average molecular weight is 195 g/mol. The van der Waals surface area contributed by atoms with Crippen LogP contribution in [0.5, 0.6) is 0 Å². The highest BCUT2D eigenvalue weighted by atomic mass is 16.4. The SMILES string of the molecule is Cc1cc(N)nc(C)c1N(C)C(=O)O. The molecule has 0 aliphatic carbocycles. The van der Waals surface area contributed by atoms with Crippen LogP contribution in [0.15, 0.2) is 6.07 Å². The van der Waals surface area contributed by atoms with Crippen LogP contribution in [0.4, 0.5) is 16.3 Å². The Morgan fingerprint density at radius 3 is 2.57 bits per heavy atom. The second kappa shape index (κ2) is 3.53. The Morgan fingerprint density at radius 1 is 1.57 bits per heavy atom. The van der Waals surface area contributed by atoms with Crippen molar-refractivity contribution in [3.63, 3.8) is 0 Å². The van der Waals surface area contributed by atoms with Crippen LogP contribution in [0.1, 0.15) is 11.3 Å². The van der Waals surface area contributed by atoms with Gasteiger partial charge >= 0.3 is 6.09 Å². The van der Waals surface area contributed by atoms with Gasteiger partial charge < -0.3 is 10.8 Å². The summed E-state index contributed by atoms with van der Waals surface area (Å²) in [6, 6.07) is 1.65. The summed E-state index contributed by atoms with van der Waals surface area (Å²) in [7, 11) is 1.48. The predicted octanol–water partition coefficient (Wildman–Crippen LogP) is 1.39. The minimum Gasteiger partial charge on any atom is -0.465 e. The normalized spacial score (nSPS) is 9.93. The molecular formula is C9H13N3O2. The standard InChI is InChI=1S/C9H13N3O2/c1-5-4-7(10)11-6(2)8(5)12(3)9(13)14/h4H,1-3H3,(H2,10,11)(H,13,14). The molecule has 0 radical (unpaired) electrons. The topological polar surface area (TPSA) is 79.5 Å². The highest BCUT2D eigenvalue weighted by Gasteiger charge is 2.14. The van der Waals surface area contributed by atoms with Gasteiger partial charge in [-0.15, -0.1) is 0 Å². The van der Waals surface area contributed by atoms with Crippen LogP contribution in [0.3, 0.4) is 0 Å². The van der Waals surface area contributed by atoms with Crippen LogP contribution in [-0.4, -0.2) is 23.2 Å². The summed E-state index contributed by atoms with van der Waals surface area (Å²) in [5.74, 6) is 0.405. The van der Waals surface area contributed by atoms with Gasteiger partial charge in [-0.05, 0) is 25.5 Å². The molecule has 1 amide bonds. The van der Waals surface area contributed by atoms with E-state index in [1.54, 1.807) is 19.9 Å². The number of rotatable bonds is 1. The number of carbonyl (C=O) groups is 1. The quantitative estimate of drug-likeness (QED) is 0.709. The molecule has 5 heteroatoms. The van der Waals surface area contributed by atoms with Crippen molar-refractivity contribution in [2.75, 3.05) is 17.7 Å². The lowest BCUT2D eigenvalue weighted by Gasteiger charge is -2.18. The molecule has 3 N–H and O–H groups in total. The Balaban J connectivity index is 3.27. The number of nitrogens with zero attached hydrogens (tertiary/aromatic N) is 2. The zero-order chi connectivity index (χ0) is 10.9. The van der Waals surface area contributed by atoms with Crippen molar-refractivity contribution in [1.82, 2.24) is 4.98 Å². The number of aryl methyl sites for hydroxylation is 2. The van der Waals surface area contributed by atoms with Crippen LogP contribution in [0.25, 0.3) is 0 Å². The molecular weight excluding hydrogens is 182 g/mol.